The van der Waals surface area contributed by atoms with Crippen LogP contribution in [0.4, 0.5) is 32.1 Å². The van der Waals surface area contributed by atoms with Gasteiger partial charge in [0, 0.05) is 32.6 Å². The first-order chi connectivity index (χ1) is 17.2. The summed E-state index contributed by atoms with van der Waals surface area (Å²) in [5, 5.41) is 28.7. The highest BCUT2D eigenvalue weighted by atomic mass is 35.5. The number of hydrogen-bond donors (Lipinski definition) is 2. The average Bonchev–Trinajstić information content (AvgIpc) is 3.27. The molecule has 2 N–H and O–H groups in total. The second-order valence-electron chi connectivity index (χ2n) is 8.15. The molecular weight excluding hydrogens is 494 g/mol. The number of carbonyl (C=O) groups is 1. The fourth-order valence-electron chi connectivity index (χ4n) is 3.99. The second-order valence-corrected chi connectivity index (χ2v) is 8.53. The van der Waals surface area contributed by atoms with Crippen LogP contribution in [0.15, 0.2) is 18.3 Å². The third-order valence-corrected chi connectivity index (χ3v) is 6.11. The fraction of sp³-hybridized carbons (Fsp3) is 0.364. The summed E-state index contributed by atoms with van der Waals surface area (Å²) in [6, 6.07) is 7.17. The standard InChI is InChI=1S/C22H21ClF2N10O/c1-12-11-33(13(2)36)3-4-34(12)17-6-14(7-26)5-16(19(17)23)30-21-31-20-15(8-27)9-29-35(20)22(32-21)28-10-18(24)25/h5-6,9,12,18H,3-4,10-11H2,1-2H3,(H2,28,30,31,32)/t12-/m0/s1. The molecule has 0 saturated carbocycles. The summed E-state index contributed by atoms with van der Waals surface area (Å²) in [7, 11) is 0. The van der Waals surface area contributed by atoms with Gasteiger partial charge in [-0.25, -0.2) is 8.78 Å². The minimum Gasteiger partial charge on any atom is -0.364 e. The van der Waals surface area contributed by atoms with Crippen LogP contribution >= 0.6 is 11.6 Å². The molecule has 1 fully saturated rings. The monoisotopic (exact) mass is 514 g/mol. The van der Waals surface area contributed by atoms with Crippen molar-refractivity contribution in [2.45, 2.75) is 26.3 Å². The zero-order chi connectivity index (χ0) is 26.0. The van der Waals surface area contributed by atoms with E-state index < -0.39 is 13.0 Å². The molecule has 1 amide bonds. The van der Waals surface area contributed by atoms with Gasteiger partial charge in [-0.2, -0.15) is 30.1 Å². The van der Waals surface area contributed by atoms with E-state index in [1.807, 2.05) is 17.9 Å². The van der Waals surface area contributed by atoms with Gasteiger partial charge in [0.25, 0.3) is 6.43 Å². The van der Waals surface area contributed by atoms with Gasteiger partial charge in [-0.1, -0.05) is 11.6 Å². The molecule has 4 rings (SSSR count). The van der Waals surface area contributed by atoms with Crippen molar-refractivity contribution in [1.29, 1.82) is 10.5 Å². The van der Waals surface area contributed by atoms with Crippen LogP contribution in [0, 0.1) is 22.7 Å². The number of nitrogens with zero attached hydrogens (tertiary/aromatic N) is 8. The maximum atomic E-state index is 12.8. The van der Waals surface area contributed by atoms with Crippen LogP contribution in [0.5, 0.6) is 0 Å². The highest BCUT2D eigenvalue weighted by molar-refractivity contribution is 6.36. The molecule has 3 aromatic rings. The molecule has 0 spiro atoms. The lowest BCUT2D eigenvalue weighted by Gasteiger charge is -2.41. The predicted molar refractivity (Wildman–Crippen MR) is 129 cm³/mol. The third-order valence-electron chi connectivity index (χ3n) is 5.71. The van der Waals surface area contributed by atoms with E-state index >= 15 is 0 Å². The van der Waals surface area contributed by atoms with Gasteiger partial charge in [0.2, 0.25) is 17.8 Å². The summed E-state index contributed by atoms with van der Waals surface area (Å²) in [6.45, 7) is 4.31. The molecule has 186 valence electrons. The fourth-order valence-corrected chi connectivity index (χ4v) is 4.26. The van der Waals surface area contributed by atoms with E-state index in [9.17, 15) is 24.1 Å². The molecule has 1 aliphatic heterocycles. The summed E-state index contributed by atoms with van der Waals surface area (Å²) in [5.41, 5.74) is 1.45. The van der Waals surface area contributed by atoms with Crippen LogP contribution in [0.25, 0.3) is 5.65 Å². The van der Waals surface area contributed by atoms with Crippen molar-refractivity contribution >= 4 is 46.4 Å². The lowest BCUT2D eigenvalue weighted by atomic mass is 10.1. The van der Waals surface area contributed by atoms with Gasteiger partial charge in [0.1, 0.15) is 11.6 Å². The quantitative estimate of drug-likeness (QED) is 0.508. The Morgan fingerprint density at radius 1 is 1.28 bits per heavy atom. The van der Waals surface area contributed by atoms with Crippen LogP contribution in [0.1, 0.15) is 25.0 Å². The first-order valence-corrected chi connectivity index (χ1v) is 11.3. The molecule has 1 atom stereocenters. The van der Waals surface area contributed by atoms with E-state index in [0.717, 1.165) is 4.52 Å². The lowest BCUT2D eigenvalue weighted by Crippen LogP contribution is -2.53. The number of alkyl halides is 2. The topological polar surface area (TPSA) is 138 Å². The Balaban J connectivity index is 1.73. The molecule has 1 aliphatic rings. The first kappa shape index (κ1) is 24.9. The first-order valence-electron chi connectivity index (χ1n) is 10.9. The number of halogens is 3. The Kier molecular flexibility index (Phi) is 7.03. The van der Waals surface area contributed by atoms with Crippen LogP contribution in [-0.4, -0.2) is 69.0 Å². The lowest BCUT2D eigenvalue weighted by molar-refractivity contribution is -0.129. The summed E-state index contributed by atoms with van der Waals surface area (Å²) >= 11 is 6.75. The molecular formula is C22H21ClF2N10O. The summed E-state index contributed by atoms with van der Waals surface area (Å²) < 4.78 is 26.8. The highest BCUT2D eigenvalue weighted by Gasteiger charge is 2.28. The Bertz CT molecular complexity index is 1400. The Morgan fingerprint density at radius 2 is 2.06 bits per heavy atom. The minimum atomic E-state index is -2.65. The minimum absolute atomic E-state index is 0.0128. The van der Waals surface area contributed by atoms with Crippen molar-refractivity contribution in [3.63, 3.8) is 0 Å². The number of carbonyl (C=O) groups excluding carboxylic acids is 1. The van der Waals surface area contributed by atoms with E-state index in [1.165, 1.54) is 19.2 Å². The van der Waals surface area contributed by atoms with E-state index in [-0.39, 0.29) is 40.1 Å². The maximum Gasteiger partial charge on any atom is 0.255 e. The summed E-state index contributed by atoms with van der Waals surface area (Å²) in [5.74, 6) is -0.0964. The average molecular weight is 515 g/mol. The van der Waals surface area contributed by atoms with E-state index in [1.54, 1.807) is 11.0 Å². The number of aromatic nitrogens is 4. The number of fused-ring (bicyclic) bond motifs is 1. The molecule has 1 saturated heterocycles. The molecule has 0 unspecified atom stereocenters. The van der Waals surface area contributed by atoms with Gasteiger partial charge in [-0.15, -0.1) is 0 Å². The Labute approximate surface area is 209 Å². The van der Waals surface area contributed by atoms with Gasteiger partial charge in [-0.3, -0.25) is 4.79 Å². The number of benzene rings is 1. The van der Waals surface area contributed by atoms with E-state index in [4.69, 9.17) is 11.6 Å². The summed E-state index contributed by atoms with van der Waals surface area (Å²) in [6.07, 6.45) is -1.39. The van der Waals surface area contributed by atoms with Gasteiger partial charge in [-0.05, 0) is 19.1 Å². The van der Waals surface area contributed by atoms with Gasteiger partial charge >= 0.3 is 0 Å². The van der Waals surface area contributed by atoms with Crippen LogP contribution in [0.2, 0.25) is 5.02 Å². The number of anilines is 4. The smallest absolute Gasteiger partial charge is 0.255 e. The molecule has 2 aromatic heterocycles. The SMILES string of the molecule is CC(=O)N1CCN(c2cc(C#N)cc(Nc3nc(NCC(F)F)n4ncc(C#N)c4n3)c2Cl)[C@@H](C)C1. The Morgan fingerprint density at radius 3 is 2.69 bits per heavy atom. The van der Waals surface area contributed by atoms with Crippen molar-refractivity contribution < 1.29 is 13.6 Å². The van der Waals surface area contributed by atoms with Crippen LogP contribution < -0.4 is 15.5 Å². The van der Waals surface area contributed by atoms with Crippen molar-refractivity contribution in [3.05, 3.63) is 34.5 Å². The van der Waals surface area contributed by atoms with Gasteiger partial charge < -0.3 is 20.4 Å². The molecule has 36 heavy (non-hydrogen) atoms. The van der Waals surface area contributed by atoms with Crippen LogP contribution in [-0.2, 0) is 4.79 Å². The normalized spacial score (nSPS) is 15.6. The highest BCUT2D eigenvalue weighted by Crippen LogP contribution is 2.37. The number of piperazine rings is 1. The molecule has 0 bridgehead atoms. The molecule has 3 heterocycles. The van der Waals surface area contributed by atoms with Crippen molar-refractivity contribution in [2.75, 3.05) is 41.7 Å². The maximum absolute atomic E-state index is 12.8. The zero-order valence-corrected chi connectivity index (χ0v) is 20.1. The number of nitriles is 2. The second kappa shape index (κ2) is 10.2. The van der Waals surface area contributed by atoms with Crippen LogP contribution in [0.3, 0.4) is 0 Å². The van der Waals surface area contributed by atoms with Crippen molar-refractivity contribution in [3.8, 4) is 12.1 Å². The van der Waals surface area contributed by atoms with Crippen molar-refractivity contribution in [1.82, 2.24) is 24.5 Å². The molecule has 0 aliphatic carbocycles. The zero-order valence-electron chi connectivity index (χ0n) is 19.3. The van der Waals surface area contributed by atoms with Gasteiger partial charge in [0.15, 0.2) is 5.65 Å². The number of nitrogens with one attached hydrogen (secondary N) is 2. The van der Waals surface area contributed by atoms with E-state index in [2.05, 4.69) is 31.8 Å². The molecule has 1 aromatic carbocycles. The van der Waals surface area contributed by atoms with E-state index in [0.29, 0.717) is 36.6 Å². The van der Waals surface area contributed by atoms with Gasteiger partial charge in [0.05, 0.1) is 40.8 Å². The molecule has 14 heteroatoms. The predicted octanol–water partition coefficient (Wildman–Crippen LogP) is 3.00. The number of hydrogen-bond acceptors (Lipinski definition) is 9. The van der Waals surface area contributed by atoms with Crippen molar-refractivity contribution in [2.24, 2.45) is 0 Å². The third kappa shape index (κ3) is 4.92. The Hall–Kier alpha value is -4.23. The number of amides is 1. The molecule has 0 radical (unpaired) electrons. The largest absolute Gasteiger partial charge is 0.364 e. The number of rotatable bonds is 6. The summed E-state index contributed by atoms with van der Waals surface area (Å²) in [4.78, 5) is 24.1. The molecule has 11 nitrogen and oxygen atoms in total.